The van der Waals surface area contributed by atoms with Gasteiger partial charge in [0.05, 0.1) is 12.3 Å². The summed E-state index contributed by atoms with van der Waals surface area (Å²) in [7, 11) is 0. The highest BCUT2D eigenvalue weighted by atomic mass is 16.5. The summed E-state index contributed by atoms with van der Waals surface area (Å²) in [4.78, 5) is 25.0. The quantitative estimate of drug-likeness (QED) is 0.668. The monoisotopic (exact) mass is 394 g/mol. The standard InChI is InChI=1S/C22H26N4O3/c1-2-29-18-9-7-16(8-10-18)19-15-20-22(28)25(13-14-26(20)24-19)12-11-21(27)23-17-5-3-4-6-17/h7-10,13-15,17H,2-6,11-12H2,1H3,(H,23,27). The molecule has 2 aromatic heterocycles. The van der Waals surface area contributed by atoms with Crippen LogP contribution in [0.1, 0.15) is 39.0 Å². The van der Waals surface area contributed by atoms with E-state index in [1.54, 1.807) is 27.5 Å². The molecule has 0 unspecified atom stereocenters. The minimum atomic E-state index is -0.147. The molecule has 0 aliphatic heterocycles. The Morgan fingerprint density at radius 2 is 1.97 bits per heavy atom. The molecule has 7 nitrogen and oxygen atoms in total. The Labute approximate surface area is 169 Å². The molecule has 1 amide bonds. The molecule has 2 heterocycles. The number of carbonyl (C=O) groups is 1. The van der Waals surface area contributed by atoms with E-state index in [4.69, 9.17) is 4.74 Å². The maximum Gasteiger partial charge on any atom is 0.276 e. The van der Waals surface area contributed by atoms with Crippen LogP contribution in [0, 0.1) is 0 Å². The summed E-state index contributed by atoms with van der Waals surface area (Å²) in [5, 5.41) is 7.57. The van der Waals surface area contributed by atoms with Crippen LogP contribution in [0.4, 0.5) is 0 Å². The summed E-state index contributed by atoms with van der Waals surface area (Å²) in [6.07, 6.45) is 8.21. The zero-order valence-electron chi connectivity index (χ0n) is 16.6. The van der Waals surface area contributed by atoms with Gasteiger partial charge in [-0.15, -0.1) is 0 Å². The zero-order valence-corrected chi connectivity index (χ0v) is 16.6. The molecule has 1 aliphatic carbocycles. The van der Waals surface area contributed by atoms with Gasteiger partial charge in [0.15, 0.2) is 0 Å². The van der Waals surface area contributed by atoms with E-state index in [2.05, 4.69) is 10.4 Å². The Morgan fingerprint density at radius 3 is 2.69 bits per heavy atom. The molecule has 152 valence electrons. The van der Waals surface area contributed by atoms with Gasteiger partial charge in [-0.25, -0.2) is 4.52 Å². The summed E-state index contributed by atoms with van der Waals surface area (Å²) in [5.74, 6) is 0.811. The van der Waals surface area contributed by atoms with Crippen LogP contribution < -0.4 is 15.6 Å². The number of amides is 1. The van der Waals surface area contributed by atoms with E-state index in [0.717, 1.165) is 29.8 Å². The van der Waals surface area contributed by atoms with Gasteiger partial charge in [0.25, 0.3) is 5.56 Å². The van der Waals surface area contributed by atoms with Crippen molar-refractivity contribution in [3.8, 4) is 17.0 Å². The van der Waals surface area contributed by atoms with Crippen molar-refractivity contribution in [1.82, 2.24) is 19.5 Å². The van der Waals surface area contributed by atoms with E-state index < -0.39 is 0 Å². The van der Waals surface area contributed by atoms with Crippen molar-refractivity contribution < 1.29 is 9.53 Å². The molecule has 0 saturated heterocycles. The lowest BCUT2D eigenvalue weighted by molar-refractivity contribution is -0.122. The molecule has 0 atom stereocenters. The number of fused-ring (bicyclic) bond motifs is 1. The molecule has 7 heteroatoms. The summed E-state index contributed by atoms with van der Waals surface area (Å²) in [5.41, 5.74) is 1.99. The second-order valence-electron chi connectivity index (χ2n) is 7.41. The fourth-order valence-corrected chi connectivity index (χ4v) is 3.82. The SMILES string of the molecule is CCOc1ccc(-c2cc3c(=O)n(CCC(=O)NC4CCCC4)ccn3n2)cc1. The molecule has 1 aromatic carbocycles. The third-order valence-corrected chi connectivity index (χ3v) is 5.36. The van der Waals surface area contributed by atoms with Crippen LogP contribution in [0.25, 0.3) is 16.8 Å². The molecule has 1 aliphatic rings. The van der Waals surface area contributed by atoms with Crippen molar-refractivity contribution >= 4 is 11.4 Å². The molecule has 0 bridgehead atoms. The Hall–Kier alpha value is -3.09. The van der Waals surface area contributed by atoms with Gasteiger partial charge in [-0.1, -0.05) is 12.8 Å². The van der Waals surface area contributed by atoms with Crippen LogP contribution in [0.5, 0.6) is 5.75 Å². The predicted molar refractivity (Wildman–Crippen MR) is 111 cm³/mol. The molecular weight excluding hydrogens is 368 g/mol. The van der Waals surface area contributed by atoms with Gasteiger partial charge in [-0.2, -0.15) is 5.10 Å². The van der Waals surface area contributed by atoms with Crippen LogP contribution >= 0.6 is 0 Å². The number of rotatable bonds is 7. The third kappa shape index (κ3) is 4.34. The van der Waals surface area contributed by atoms with E-state index in [0.29, 0.717) is 31.1 Å². The highest BCUT2D eigenvalue weighted by molar-refractivity contribution is 5.76. The first-order chi connectivity index (χ1) is 14.1. The van der Waals surface area contributed by atoms with Crippen LogP contribution in [0.3, 0.4) is 0 Å². The van der Waals surface area contributed by atoms with Crippen molar-refractivity contribution in [2.24, 2.45) is 0 Å². The zero-order chi connectivity index (χ0) is 20.2. The number of carbonyl (C=O) groups excluding carboxylic acids is 1. The van der Waals surface area contributed by atoms with Gasteiger partial charge in [0, 0.05) is 37.0 Å². The smallest absolute Gasteiger partial charge is 0.276 e. The summed E-state index contributed by atoms with van der Waals surface area (Å²) in [6, 6.07) is 9.73. The minimum absolute atomic E-state index is 0.00672. The first kappa shape index (κ1) is 19.2. The van der Waals surface area contributed by atoms with Crippen LogP contribution in [0.2, 0.25) is 0 Å². The summed E-state index contributed by atoms with van der Waals surface area (Å²) < 4.78 is 8.63. The molecular formula is C22H26N4O3. The lowest BCUT2D eigenvalue weighted by atomic mass is 10.1. The molecule has 4 rings (SSSR count). The average Bonchev–Trinajstić information content (AvgIpc) is 3.38. The fourth-order valence-electron chi connectivity index (χ4n) is 3.82. The highest BCUT2D eigenvalue weighted by Crippen LogP contribution is 2.22. The Morgan fingerprint density at radius 1 is 1.21 bits per heavy atom. The molecule has 1 saturated carbocycles. The molecule has 29 heavy (non-hydrogen) atoms. The average molecular weight is 394 g/mol. The number of hydrogen-bond acceptors (Lipinski definition) is 4. The lowest BCUT2D eigenvalue weighted by Crippen LogP contribution is -2.34. The summed E-state index contributed by atoms with van der Waals surface area (Å²) >= 11 is 0. The Balaban J connectivity index is 1.48. The number of aryl methyl sites for hydroxylation is 1. The number of benzene rings is 1. The van der Waals surface area contributed by atoms with Crippen LogP contribution in [-0.4, -0.2) is 32.7 Å². The van der Waals surface area contributed by atoms with E-state index in [1.807, 2.05) is 31.2 Å². The Kier molecular flexibility index (Phi) is 5.64. The fraction of sp³-hybridized carbons (Fsp3) is 0.409. The number of nitrogens with zero attached hydrogens (tertiary/aromatic N) is 3. The maximum atomic E-state index is 12.8. The Bertz CT molecular complexity index is 1050. The van der Waals surface area contributed by atoms with E-state index in [1.165, 1.54) is 12.8 Å². The number of aromatic nitrogens is 3. The largest absolute Gasteiger partial charge is 0.494 e. The number of ether oxygens (including phenoxy) is 1. The second kappa shape index (κ2) is 8.51. The minimum Gasteiger partial charge on any atom is -0.494 e. The number of hydrogen-bond donors (Lipinski definition) is 1. The topological polar surface area (TPSA) is 77.6 Å². The van der Waals surface area contributed by atoms with Crippen LogP contribution in [-0.2, 0) is 11.3 Å². The van der Waals surface area contributed by atoms with Gasteiger partial charge in [0.2, 0.25) is 5.91 Å². The maximum absolute atomic E-state index is 12.8. The van der Waals surface area contributed by atoms with Crippen molar-refractivity contribution in [3.63, 3.8) is 0 Å². The molecule has 0 spiro atoms. The van der Waals surface area contributed by atoms with Crippen molar-refractivity contribution in [2.75, 3.05) is 6.61 Å². The van der Waals surface area contributed by atoms with Crippen molar-refractivity contribution in [2.45, 2.75) is 51.6 Å². The predicted octanol–water partition coefficient (Wildman–Crippen LogP) is 3.01. The highest BCUT2D eigenvalue weighted by Gasteiger charge is 2.17. The summed E-state index contributed by atoms with van der Waals surface area (Å²) in [6.45, 7) is 2.92. The van der Waals surface area contributed by atoms with Crippen molar-refractivity contribution in [3.05, 3.63) is 53.1 Å². The molecule has 3 aromatic rings. The normalized spacial score (nSPS) is 14.4. The number of nitrogens with one attached hydrogen (secondary N) is 1. The van der Waals surface area contributed by atoms with E-state index >= 15 is 0 Å². The molecule has 1 fully saturated rings. The van der Waals surface area contributed by atoms with Gasteiger partial charge in [0.1, 0.15) is 11.3 Å². The first-order valence-electron chi connectivity index (χ1n) is 10.3. The van der Waals surface area contributed by atoms with Crippen molar-refractivity contribution in [1.29, 1.82) is 0 Å². The molecule has 0 radical (unpaired) electrons. The second-order valence-corrected chi connectivity index (χ2v) is 7.41. The first-order valence-corrected chi connectivity index (χ1v) is 10.3. The molecule has 1 N–H and O–H groups in total. The van der Waals surface area contributed by atoms with Crippen LogP contribution in [0.15, 0.2) is 47.5 Å². The van der Waals surface area contributed by atoms with E-state index in [9.17, 15) is 9.59 Å². The van der Waals surface area contributed by atoms with E-state index in [-0.39, 0.29) is 11.5 Å². The van der Waals surface area contributed by atoms with Gasteiger partial charge in [-0.05, 0) is 50.1 Å². The lowest BCUT2D eigenvalue weighted by Gasteiger charge is -2.12. The van der Waals surface area contributed by atoms with Gasteiger partial charge in [-0.3, -0.25) is 9.59 Å². The third-order valence-electron chi connectivity index (χ3n) is 5.36. The van der Waals surface area contributed by atoms with Gasteiger partial charge >= 0.3 is 0 Å². The van der Waals surface area contributed by atoms with Gasteiger partial charge < -0.3 is 14.6 Å².